The van der Waals surface area contributed by atoms with E-state index >= 15 is 0 Å². The highest BCUT2D eigenvalue weighted by Gasteiger charge is 2.13. The van der Waals surface area contributed by atoms with Gasteiger partial charge in [0.25, 0.3) is 0 Å². The van der Waals surface area contributed by atoms with E-state index in [-0.39, 0.29) is 0 Å². The number of rotatable bonds is 8. The van der Waals surface area contributed by atoms with Crippen molar-refractivity contribution in [2.45, 2.75) is 39.8 Å². The van der Waals surface area contributed by atoms with Crippen molar-refractivity contribution in [1.29, 1.82) is 0 Å². The fraction of sp³-hybridized carbons (Fsp3) is 0.938. The number of nitrogens with one attached hydrogen (secondary N) is 2. The second-order valence-corrected chi connectivity index (χ2v) is 6.31. The van der Waals surface area contributed by atoms with Crippen LogP contribution in [-0.4, -0.2) is 87.4 Å². The number of guanidine groups is 1. The third-order valence-corrected chi connectivity index (χ3v) is 4.04. The van der Waals surface area contributed by atoms with E-state index in [1.807, 2.05) is 7.05 Å². The smallest absolute Gasteiger partial charge is 0.191 e. The average molecular weight is 313 g/mol. The first kappa shape index (κ1) is 19.2. The molecule has 2 N–H and O–H groups in total. The van der Waals surface area contributed by atoms with E-state index in [9.17, 15) is 0 Å². The van der Waals surface area contributed by atoms with Crippen LogP contribution in [0.3, 0.4) is 0 Å². The van der Waals surface area contributed by atoms with Gasteiger partial charge < -0.3 is 15.4 Å². The summed E-state index contributed by atoms with van der Waals surface area (Å²) in [7, 11) is 1.83. The lowest BCUT2D eigenvalue weighted by Crippen LogP contribution is -2.47. The zero-order valence-electron chi connectivity index (χ0n) is 15.1. The van der Waals surface area contributed by atoms with E-state index in [4.69, 9.17) is 4.74 Å². The van der Waals surface area contributed by atoms with Gasteiger partial charge in [0.1, 0.15) is 0 Å². The number of aliphatic imine (C=N–C) groups is 1. The highest BCUT2D eigenvalue weighted by atomic mass is 16.5. The Bertz CT molecular complexity index is 306. The fourth-order valence-corrected chi connectivity index (χ4v) is 2.79. The number of ether oxygens (including phenoxy) is 1. The van der Waals surface area contributed by atoms with Gasteiger partial charge in [0.2, 0.25) is 0 Å². The number of hydrogen-bond donors (Lipinski definition) is 2. The largest absolute Gasteiger partial charge is 0.379 e. The maximum absolute atomic E-state index is 5.36. The number of hydrogen-bond acceptors (Lipinski definition) is 4. The number of nitrogens with zero attached hydrogens (tertiary/aromatic N) is 3. The topological polar surface area (TPSA) is 52.1 Å². The van der Waals surface area contributed by atoms with Crippen LogP contribution < -0.4 is 10.6 Å². The molecule has 1 heterocycles. The molecule has 1 fully saturated rings. The Morgan fingerprint density at radius 1 is 1.09 bits per heavy atom. The minimum absolute atomic E-state index is 0.568. The van der Waals surface area contributed by atoms with Crippen molar-refractivity contribution in [1.82, 2.24) is 20.4 Å². The Balaban J connectivity index is 2.19. The van der Waals surface area contributed by atoms with Crippen LogP contribution in [0.25, 0.3) is 0 Å². The second kappa shape index (κ2) is 10.8. The zero-order chi connectivity index (χ0) is 16.4. The summed E-state index contributed by atoms with van der Waals surface area (Å²) in [5.74, 6) is 0.890. The van der Waals surface area contributed by atoms with Gasteiger partial charge in [0.15, 0.2) is 5.96 Å². The van der Waals surface area contributed by atoms with E-state index in [0.29, 0.717) is 12.1 Å². The Morgan fingerprint density at radius 3 is 2.23 bits per heavy atom. The number of morpholine rings is 1. The predicted molar refractivity (Wildman–Crippen MR) is 93.6 cm³/mol. The maximum Gasteiger partial charge on any atom is 0.191 e. The molecule has 1 aliphatic heterocycles. The van der Waals surface area contributed by atoms with E-state index in [0.717, 1.165) is 58.4 Å². The summed E-state index contributed by atoms with van der Waals surface area (Å²) in [5, 5.41) is 6.79. The third kappa shape index (κ3) is 7.42. The van der Waals surface area contributed by atoms with Gasteiger partial charge in [0, 0.05) is 58.4 Å². The van der Waals surface area contributed by atoms with Crippen molar-refractivity contribution >= 4 is 5.96 Å². The lowest BCUT2D eigenvalue weighted by Gasteiger charge is -2.30. The Hall–Kier alpha value is -0.850. The van der Waals surface area contributed by atoms with Crippen LogP contribution >= 0.6 is 0 Å². The van der Waals surface area contributed by atoms with Crippen LogP contribution in [0.5, 0.6) is 0 Å². The van der Waals surface area contributed by atoms with E-state index in [2.05, 4.69) is 53.1 Å². The molecule has 0 amide bonds. The molecule has 0 aromatic rings. The van der Waals surface area contributed by atoms with Crippen molar-refractivity contribution in [3.63, 3.8) is 0 Å². The molecule has 0 saturated carbocycles. The lowest BCUT2D eigenvalue weighted by atomic mass is 10.2. The van der Waals surface area contributed by atoms with Crippen molar-refractivity contribution in [3.05, 3.63) is 0 Å². The summed E-state index contributed by atoms with van der Waals surface area (Å²) in [6, 6.07) is 1.14. The van der Waals surface area contributed by atoms with Crippen LogP contribution in [0, 0.1) is 0 Å². The predicted octanol–water partition coefficient (Wildman–Crippen LogP) is 0.602. The maximum atomic E-state index is 5.36. The fourth-order valence-electron chi connectivity index (χ4n) is 2.79. The first-order chi connectivity index (χ1) is 10.5. The molecule has 0 radical (unpaired) electrons. The van der Waals surface area contributed by atoms with E-state index < -0.39 is 0 Å². The van der Waals surface area contributed by atoms with Gasteiger partial charge in [-0.25, -0.2) is 0 Å². The van der Waals surface area contributed by atoms with Crippen molar-refractivity contribution in [2.75, 3.05) is 59.5 Å². The molecular weight excluding hydrogens is 278 g/mol. The summed E-state index contributed by atoms with van der Waals surface area (Å²) in [5.41, 5.74) is 0. The molecule has 6 heteroatoms. The molecule has 6 nitrogen and oxygen atoms in total. The molecule has 1 saturated heterocycles. The molecular formula is C16H35N5O. The first-order valence-electron chi connectivity index (χ1n) is 8.55. The van der Waals surface area contributed by atoms with Gasteiger partial charge in [-0.15, -0.1) is 0 Å². The van der Waals surface area contributed by atoms with Crippen molar-refractivity contribution in [3.8, 4) is 0 Å². The molecule has 0 unspecified atom stereocenters. The van der Waals surface area contributed by atoms with Gasteiger partial charge in [-0.2, -0.15) is 0 Å². The molecule has 0 atom stereocenters. The lowest BCUT2D eigenvalue weighted by molar-refractivity contribution is 0.0389. The molecule has 0 spiro atoms. The molecule has 0 aliphatic carbocycles. The molecule has 0 aromatic heterocycles. The highest BCUT2D eigenvalue weighted by Crippen LogP contribution is 2.03. The van der Waals surface area contributed by atoms with Crippen LogP contribution in [0.1, 0.15) is 27.7 Å². The van der Waals surface area contributed by atoms with Gasteiger partial charge in [0.05, 0.1) is 13.2 Å². The van der Waals surface area contributed by atoms with Crippen LogP contribution in [-0.2, 0) is 4.74 Å². The standard InChI is InChI=1S/C16H35N5O/c1-14(2)21(15(3)4)9-7-19-16(17-5)18-6-8-20-10-12-22-13-11-20/h14-15H,6-13H2,1-5H3,(H2,17,18,19). The van der Waals surface area contributed by atoms with Gasteiger partial charge in [-0.1, -0.05) is 0 Å². The quantitative estimate of drug-likeness (QED) is 0.508. The Kier molecular flexibility index (Phi) is 9.43. The van der Waals surface area contributed by atoms with Crippen molar-refractivity contribution in [2.24, 2.45) is 4.99 Å². The minimum atomic E-state index is 0.568. The van der Waals surface area contributed by atoms with Crippen LogP contribution in [0.15, 0.2) is 4.99 Å². The van der Waals surface area contributed by atoms with Crippen LogP contribution in [0.4, 0.5) is 0 Å². The molecule has 0 aromatic carbocycles. The van der Waals surface area contributed by atoms with E-state index in [1.54, 1.807) is 0 Å². The summed E-state index contributed by atoms with van der Waals surface area (Å²) in [4.78, 5) is 9.19. The van der Waals surface area contributed by atoms with Crippen molar-refractivity contribution < 1.29 is 4.74 Å². The molecule has 1 rings (SSSR count). The summed E-state index contributed by atoms with van der Waals surface area (Å²) in [6.45, 7) is 16.6. The van der Waals surface area contributed by atoms with Gasteiger partial charge in [-0.05, 0) is 27.7 Å². The Labute approximate surface area is 136 Å². The summed E-state index contributed by atoms with van der Waals surface area (Å²) >= 11 is 0. The Morgan fingerprint density at radius 2 is 1.68 bits per heavy atom. The minimum Gasteiger partial charge on any atom is -0.379 e. The molecule has 130 valence electrons. The van der Waals surface area contributed by atoms with Crippen LogP contribution in [0.2, 0.25) is 0 Å². The van der Waals surface area contributed by atoms with E-state index in [1.165, 1.54) is 0 Å². The molecule has 1 aliphatic rings. The molecule has 0 bridgehead atoms. The normalized spacial score (nSPS) is 17.5. The average Bonchev–Trinajstić information content (AvgIpc) is 2.49. The third-order valence-electron chi connectivity index (χ3n) is 4.04. The SMILES string of the molecule is CN=C(NCCN1CCOCC1)NCCN(C(C)C)C(C)C. The zero-order valence-corrected chi connectivity index (χ0v) is 15.1. The summed E-state index contributed by atoms with van der Waals surface area (Å²) < 4.78 is 5.36. The monoisotopic (exact) mass is 313 g/mol. The first-order valence-corrected chi connectivity index (χ1v) is 8.55. The molecule has 22 heavy (non-hydrogen) atoms. The second-order valence-electron chi connectivity index (χ2n) is 6.31. The highest BCUT2D eigenvalue weighted by molar-refractivity contribution is 5.79. The summed E-state index contributed by atoms with van der Waals surface area (Å²) in [6.07, 6.45) is 0. The van der Waals surface area contributed by atoms with Gasteiger partial charge in [-0.3, -0.25) is 14.8 Å². The van der Waals surface area contributed by atoms with Gasteiger partial charge >= 0.3 is 0 Å².